The zero-order chi connectivity index (χ0) is 25.5. The highest BCUT2D eigenvalue weighted by atomic mass is 28.3. The number of nitrogens with zero attached hydrogens (tertiary/aromatic N) is 2. The Hall–Kier alpha value is -3.07. The van der Waals surface area contributed by atoms with Crippen LogP contribution in [0.25, 0.3) is 0 Å². The first-order valence-corrected chi connectivity index (χ1v) is 15.4. The number of hydrogen-bond acceptors (Lipinski definition) is 5. The number of aromatic nitrogens is 1. The van der Waals surface area contributed by atoms with Crippen LogP contribution in [0.15, 0.2) is 30.3 Å². The van der Waals surface area contributed by atoms with Gasteiger partial charge in [0.2, 0.25) is 11.8 Å². The Balaban J connectivity index is 1.62. The molecule has 0 unspecified atom stereocenters. The number of methoxy groups -OCH3 is 1. The van der Waals surface area contributed by atoms with Crippen LogP contribution in [0.4, 0.5) is 4.39 Å². The molecule has 1 aromatic carbocycles. The van der Waals surface area contributed by atoms with Crippen molar-refractivity contribution in [2.75, 3.05) is 13.7 Å². The first kappa shape index (κ1) is 25.0. The molecule has 1 amide bonds. The van der Waals surface area contributed by atoms with E-state index in [1.807, 2.05) is 0 Å². The fraction of sp³-hybridized carbons (Fsp3) is 0.462. The Morgan fingerprint density at radius 3 is 2.46 bits per heavy atom. The zero-order valence-electron chi connectivity index (χ0n) is 20.5. The van der Waals surface area contributed by atoms with E-state index in [2.05, 4.69) is 24.6 Å². The predicted octanol–water partition coefficient (Wildman–Crippen LogP) is 3.12. The normalized spacial score (nSPS) is 21.6. The van der Waals surface area contributed by atoms with Crippen molar-refractivity contribution < 1.29 is 28.6 Å². The number of amides is 1. The molecule has 1 aromatic heterocycles. The van der Waals surface area contributed by atoms with E-state index in [9.17, 15) is 23.9 Å². The van der Waals surface area contributed by atoms with Crippen LogP contribution in [-0.4, -0.2) is 54.4 Å². The molecule has 1 saturated carbocycles. The van der Waals surface area contributed by atoms with Gasteiger partial charge in [0.15, 0.2) is 5.78 Å². The maximum absolute atomic E-state index is 14.8. The van der Waals surface area contributed by atoms with Crippen molar-refractivity contribution in [1.29, 1.82) is 0 Å². The number of rotatable bonds is 7. The van der Waals surface area contributed by atoms with Gasteiger partial charge in [0, 0.05) is 36.9 Å². The Kier molecular flexibility index (Phi) is 6.81. The summed E-state index contributed by atoms with van der Waals surface area (Å²) in [6.07, 6.45) is 1.01. The molecular formula is C26H31FN2O5Si. The van der Waals surface area contributed by atoms with Crippen LogP contribution >= 0.6 is 0 Å². The molecule has 7 nitrogen and oxygen atoms in total. The van der Waals surface area contributed by atoms with Crippen molar-refractivity contribution in [2.24, 2.45) is 11.8 Å². The number of fused-ring (bicyclic) bond motifs is 1. The molecule has 1 aliphatic carbocycles. The van der Waals surface area contributed by atoms with Crippen molar-refractivity contribution in [2.45, 2.75) is 51.4 Å². The summed E-state index contributed by atoms with van der Waals surface area (Å²) < 4.78 is 20.0. The molecule has 1 aliphatic heterocycles. The number of aliphatic carboxylic acids is 1. The third-order valence-corrected chi connectivity index (χ3v) is 9.05. The molecule has 2 aromatic rings. The van der Waals surface area contributed by atoms with E-state index in [0.29, 0.717) is 40.9 Å². The minimum absolute atomic E-state index is 0.0226. The van der Waals surface area contributed by atoms with Crippen LogP contribution in [0, 0.1) is 17.7 Å². The van der Waals surface area contributed by atoms with Crippen molar-refractivity contribution in [1.82, 2.24) is 9.88 Å². The van der Waals surface area contributed by atoms with Gasteiger partial charge in [-0.15, -0.1) is 0 Å². The number of pyridine rings is 1. The SMILES string of the molecule is COc1ccc2c(n1)CCN(C(=O)C1CC(C(=O)O)C1)[C@H]2C(=O)Cc1ccc([Si](C)(C)C)c(F)c1. The average Bonchev–Trinajstić information content (AvgIpc) is 2.75. The van der Waals surface area contributed by atoms with Gasteiger partial charge in [-0.3, -0.25) is 14.4 Å². The lowest BCUT2D eigenvalue weighted by molar-refractivity contribution is -0.154. The smallest absolute Gasteiger partial charge is 0.306 e. The lowest BCUT2D eigenvalue weighted by Gasteiger charge is -2.41. The number of benzene rings is 1. The van der Waals surface area contributed by atoms with Crippen LogP contribution in [0.2, 0.25) is 19.6 Å². The summed E-state index contributed by atoms with van der Waals surface area (Å²) >= 11 is 0. The fourth-order valence-electron chi connectivity index (χ4n) is 4.99. The number of carbonyl (C=O) groups is 3. The van der Waals surface area contributed by atoms with Crippen LogP contribution in [-0.2, 0) is 27.2 Å². The number of Topliss-reactive ketones (excluding diaryl/α,β-unsaturated/α-hetero) is 1. The van der Waals surface area contributed by atoms with Gasteiger partial charge in [0.1, 0.15) is 11.9 Å². The second-order valence-corrected chi connectivity index (χ2v) is 15.5. The van der Waals surface area contributed by atoms with E-state index >= 15 is 0 Å². The molecule has 186 valence electrons. The third kappa shape index (κ3) is 5.00. The third-order valence-electron chi connectivity index (χ3n) is 7.03. The minimum Gasteiger partial charge on any atom is -0.481 e. The Bertz CT molecular complexity index is 1170. The Labute approximate surface area is 205 Å². The van der Waals surface area contributed by atoms with Crippen LogP contribution < -0.4 is 9.92 Å². The quantitative estimate of drug-likeness (QED) is 0.589. The van der Waals surface area contributed by atoms with Gasteiger partial charge in [-0.25, -0.2) is 9.37 Å². The van der Waals surface area contributed by atoms with Gasteiger partial charge in [-0.2, -0.15) is 0 Å². The Morgan fingerprint density at radius 1 is 1.14 bits per heavy atom. The van der Waals surface area contributed by atoms with E-state index < -0.39 is 31.9 Å². The first-order chi connectivity index (χ1) is 16.5. The summed E-state index contributed by atoms with van der Waals surface area (Å²) in [5, 5.41) is 9.90. The lowest BCUT2D eigenvalue weighted by atomic mass is 9.73. The second-order valence-electron chi connectivity index (χ2n) is 10.5. The van der Waals surface area contributed by atoms with Gasteiger partial charge in [0.05, 0.1) is 26.8 Å². The molecule has 0 radical (unpaired) electrons. The number of carboxylic acid groups (broad SMARTS) is 1. The highest BCUT2D eigenvalue weighted by molar-refractivity contribution is 6.88. The Morgan fingerprint density at radius 2 is 1.86 bits per heavy atom. The molecule has 35 heavy (non-hydrogen) atoms. The molecule has 4 rings (SSSR count). The van der Waals surface area contributed by atoms with E-state index in [1.165, 1.54) is 13.2 Å². The summed E-state index contributed by atoms with van der Waals surface area (Å²) in [5.74, 6) is -2.12. The highest BCUT2D eigenvalue weighted by Gasteiger charge is 2.45. The van der Waals surface area contributed by atoms with Crippen molar-refractivity contribution in [3.05, 3.63) is 53.0 Å². The molecule has 1 fully saturated rings. The monoisotopic (exact) mass is 498 g/mol. The van der Waals surface area contributed by atoms with E-state index in [0.717, 1.165) is 0 Å². The number of carbonyl (C=O) groups excluding carboxylic acids is 2. The van der Waals surface area contributed by atoms with Crippen molar-refractivity contribution in [3.8, 4) is 5.88 Å². The average molecular weight is 499 g/mol. The van der Waals surface area contributed by atoms with E-state index in [1.54, 1.807) is 29.2 Å². The number of ketones is 1. The summed E-state index contributed by atoms with van der Waals surface area (Å²) in [7, 11) is -0.336. The topological polar surface area (TPSA) is 96.8 Å². The summed E-state index contributed by atoms with van der Waals surface area (Å²) in [6, 6.07) is 7.57. The second kappa shape index (κ2) is 9.52. The van der Waals surface area contributed by atoms with Gasteiger partial charge in [-0.05, 0) is 35.7 Å². The predicted molar refractivity (Wildman–Crippen MR) is 131 cm³/mol. The fourth-order valence-corrected chi connectivity index (χ4v) is 6.37. The highest BCUT2D eigenvalue weighted by Crippen LogP contribution is 2.39. The van der Waals surface area contributed by atoms with E-state index in [-0.39, 0.29) is 36.8 Å². The molecule has 2 aliphatic rings. The van der Waals surface area contributed by atoms with Gasteiger partial charge in [0.25, 0.3) is 0 Å². The number of hydrogen-bond donors (Lipinski definition) is 1. The molecule has 1 atom stereocenters. The first-order valence-electron chi connectivity index (χ1n) is 11.9. The van der Waals surface area contributed by atoms with E-state index in [4.69, 9.17) is 4.74 Å². The number of halogens is 1. The van der Waals surface area contributed by atoms with Crippen molar-refractivity contribution >= 4 is 30.9 Å². The zero-order valence-corrected chi connectivity index (χ0v) is 21.5. The molecular weight excluding hydrogens is 467 g/mol. The molecule has 0 saturated heterocycles. The molecule has 9 heteroatoms. The lowest BCUT2D eigenvalue weighted by Crippen LogP contribution is -2.50. The maximum Gasteiger partial charge on any atom is 0.306 e. The van der Waals surface area contributed by atoms with Crippen LogP contribution in [0.5, 0.6) is 5.88 Å². The number of carboxylic acids is 1. The van der Waals surface area contributed by atoms with Crippen LogP contribution in [0.3, 0.4) is 0 Å². The molecule has 2 heterocycles. The van der Waals surface area contributed by atoms with Crippen LogP contribution in [0.1, 0.15) is 35.7 Å². The molecule has 0 bridgehead atoms. The van der Waals surface area contributed by atoms with Crippen molar-refractivity contribution in [3.63, 3.8) is 0 Å². The summed E-state index contributed by atoms with van der Waals surface area (Å²) in [6.45, 7) is 6.50. The molecule has 1 N–H and O–H groups in total. The van der Waals surface area contributed by atoms with Gasteiger partial charge < -0.3 is 14.7 Å². The summed E-state index contributed by atoms with van der Waals surface area (Å²) in [4.78, 5) is 44.2. The standard InChI is InChI=1S/C26H31FN2O5Si/c1-34-23-8-6-18-20(28-23)9-10-29(25(31)16-13-17(14-16)26(32)33)24(18)21(30)12-15-5-7-22(19(27)11-15)35(2,3)4/h5-8,11,16-17,24H,9-10,12-14H2,1-4H3,(H,32,33)/t16?,17?,24-/m1/s1. The maximum atomic E-state index is 14.8. The molecule has 0 spiro atoms. The minimum atomic E-state index is -1.85. The van der Waals surface area contributed by atoms with Gasteiger partial charge >= 0.3 is 5.97 Å². The number of ether oxygens (including phenoxy) is 1. The largest absolute Gasteiger partial charge is 0.481 e. The van der Waals surface area contributed by atoms with Gasteiger partial charge in [-0.1, -0.05) is 31.8 Å². The summed E-state index contributed by atoms with van der Waals surface area (Å²) in [5.41, 5.74) is 1.90.